The van der Waals surface area contributed by atoms with Crippen LogP contribution < -0.4 is 20.3 Å². The predicted octanol–water partition coefficient (Wildman–Crippen LogP) is 1.08. The monoisotopic (exact) mass is 347 g/mol. The third-order valence-electron chi connectivity index (χ3n) is 3.87. The SMILES string of the molecule is CC(C)C(=O)NCCNC(=O)CCC(=O)N1CCOc2ccccc21. The maximum atomic E-state index is 12.4. The summed E-state index contributed by atoms with van der Waals surface area (Å²) in [6, 6.07) is 7.38. The highest BCUT2D eigenvalue weighted by Gasteiger charge is 2.23. The van der Waals surface area contributed by atoms with Crippen molar-refractivity contribution in [3.8, 4) is 5.75 Å². The van der Waals surface area contributed by atoms with Gasteiger partial charge in [-0.15, -0.1) is 0 Å². The van der Waals surface area contributed by atoms with E-state index in [-0.39, 0.29) is 36.5 Å². The lowest BCUT2D eigenvalue weighted by atomic mass is 10.2. The summed E-state index contributed by atoms with van der Waals surface area (Å²) in [4.78, 5) is 37.3. The molecule has 136 valence electrons. The molecule has 0 bridgehead atoms. The van der Waals surface area contributed by atoms with E-state index in [1.807, 2.05) is 38.1 Å². The number of benzene rings is 1. The molecule has 0 atom stereocenters. The molecular formula is C18H25N3O4. The number of hydrogen-bond acceptors (Lipinski definition) is 4. The molecule has 25 heavy (non-hydrogen) atoms. The van der Waals surface area contributed by atoms with Gasteiger partial charge < -0.3 is 20.3 Å². The average molecular weight is 347 g/mol. The highest BCUT2D eigenvalue weighted by Crippen LogP contribution is 2.31. The van der Waals surface area contributed by atoms with E-state index >= 15 is 0 Å². The third kappa shape index (κ3) is 5.48. The molecule has 0 aliphatic carbocycles. The van der Waals surface area contributed by atoms with Crippen molar-refractivity contribution < 1.29 is 19.1 Å². The lowest BCUT2D eigenvalue weighted by Gasteiger charge is -2.29. The Kier molecular flexibility index (Phi) is 6.80. The molecule has 0 radical (unpaired) electrons. The highest BCUT2D eigenvalue weighted by atomic mass is 16.5. The summed E-state index contributed by atoms with van der Waals surface area (Å²) in [5.74, 6) is 0.264. The first-order valence-electron chi connectivity index (χ1n) is 8.55. The van der Waals surface area contributed by atoms with Gasteiger partial charge in [0, 0.05) is 31.8 Å². The van der Waals surface area contributed by atoms with Gasteiger partial charge in [0.05, 0.1) is 12.2 Å². The fourth-order valence-electron chi connectivity index (χ4n) is 2.46. The first-order valence-corrected chi connectivity index (χ1v) is 8.55. The Bertz CT molecular complexity index is 631. The molecule has 0 unspecified atom stereocenters. The van der Waals surface area contributed by atoms with Crippen LogP contribution >= 0.6 is 0 Å². The standard InChI is InChI=1S/C18H25N3O4/c1-13(2)18(24)20-10-9-19-16(22)7-8-17(23)21-11-12-25-15-6-4-3-5-14(15)21/h3-6,13H,7-12H2,1-2H3,(H,19,22)(H,20,24). The van der Waals surface area contributed by atoms with E-state index < -0.39 is 0 Å². The molecule has 0 fully saturated rings. The number of carbonyl (C=O) groups is 3. The smallest absolute Gasteiger partial charge is 0.227 e. The molecule has 1 aromatic carbocycles. The molecule has 7 nitrogen and oxygen atoms in total. The van der Waals surface area contributed by atoms with Crippen LogP contribution in [0.25, 0.3) is 0 Å². The number of anilines is 1. The van der Waals surface area contributed by atoms with Crippen LogP contribution in [0.15, 0.2) is 24.3 Å². The number of nitrogens with one attached hydrogen (secondary N) is 2. The summed E-state index contributed by atoms with van der Waals surface area (Å²) in [7, 11) is 0. The molecule has 3 amide bonds. The number of carbonyl (C=O) groups excluding carboxylic acids is 3. The van der Waals surface area contributed by atoms with E-state index in [1.165, 1.54) is 0 Å². The maximum Gasteiger partial charge on any atom is 0.227 e. The van der Waals surface area contributed by atoms with Crippen molar-refractivity contribution in [2.24, 2.45) is 5.92 Å². The lowest BCUT2D eigenvalue weighted by molar-refractivity contribution is -0.125. The van der Waals surface area contributed by atoms with Gasteiger partial charge in [0.2, 0.25) is 17.7 Å². The van der Waals surface area contributed by atoms with Crippen LogP contribution in [0.1, 0.15) is 26.7 Å². The van der Waals surface area contributed by atoms with Crippen LogP contribution in [0.2, 0.25) is 0 Å². The van der Waals surface area contributed by atoms with E-state index in [9.17, 15) is 14.4 Å². The van der Waals surface area contributed by atoms with Gasteiger partial charge in [0.15, 0.2) is 0 Å². The number of amides is 3. The second-order valence-corrected chi connectivity index (χ2v) is 6.16. The van der Waals surface area contributed by atoms with Gasteiger partial charge in [-0.05, 0) is 12.1 Å². The van der Waals surface area contributed by atoms with Crippen molar-refractivity contribution in [1.82, 2.24) is 10.6 Å². The number of para-hydroxylation sites is 2. The Balaban J connectivity index is 1.72. The van der Waals surface area contributed by atoms with Gasteiger partial charge in [-0.25, -0.2) is 0 Å². The molecule has 2 N–H and O–H groups in total. The van der Waals surface area contributed by atoms with Crippen LogP contribution in [-0.2, 0) is 14.4 Å². The molecule has 0 aromatic heterocycles. The number of nitrogens with zero attached hydrogens (tertiary/aromatic N) is 1. The first kappa shape index (κ1) is 18.8. The number of hydrogen-bond donors (Lipinski definition) is 2. The van der Waals surface area contributed by atoms with Crippen LogP contribution in [0, 0.1) is 5.92 Å². The maximum absolute atomic E-state index is 12.4. The zero-order chi connectivity index (χ0) is 18.2. The Morgan fingerprint density at radius 3 is 2.60 bits per heavy atom. The van der Waals surface area contributed by atoms with Crippen molar-refractivity contribution >= 4 is 23.4 Å². The summed E-state index contributed by atoms with van der Waals surface area (Å²) in [5.41, 5.74) is 0.746. The molecule has 0 spiro atoms. The van der Waals surface area contributed by atoms with Crippen molar-refractivity contribution in [2.75, 3.05) is 31.1 Å². The summed E-state index contributed by atoms with van der Waals surface area (Å²) in [6.07, 6.45) is 0.259. The van der Waals surface area contributed by atoms with Crippen LogP contribution in [0.3, 0.4) is 0 Å². The number of fused-ring (bicyclic) bond motifs is 1. The van der Waals surface area contributed by atoms with Gasteiger partial charge in [-0.1, -0.05) is 26.0 Å². The fourth-order valence-corrected chi connectivity index (χ4v) is 2.46. The Morgan fingerprint density at radius 2 is 1.84 bits per heavy atom. The molecule has 2 rings (SSSR count). The predicted molar refractivity (Wildman–Crippen MR) is 94.4 cm³/mol. The molecule has 1 heterocycles. The van der Waals surface area contributed by atoms with Gasteiger partial charge in [0.1, 0.15) is 12.4 Å². The average Bonchev–Trinajstić information content (AvgIpc) is 2.62. The van der Waals surface area contributed by atoms with Gasteiger partial charge in [0.25, 0.3) is 0 Å². The van der Waals surface area contributed by atoms with E-state index in [1.54, 1.807) is 4.90 Å². The highest BCUT2D eigenvalue weighted by molar-refractivity contribution is 5.97. The summed E-state index contributed by atoms with van der Waals surface area (Å²) in [6.45, 7) is 5.29. The van der Waals surface area contributed by atoms with Gasteiger partial charge in [-0.2, -0.15) is 0 Å². The van der Waals surface area contributed by atoms with Crippen molar-refractivity contribution in [2.45, 2.75) is 26.7 Å². The Labute approximate surface area is 147 Å². The largest absolute Gasteiger partial charge is 0.490 e. The third-order valence-corrected chi connectivity index (χ3v) is 3.87. The minimum atomic E-state index is -0.200. The zero-order valence-corrected chi connectivity index (χ0v) is 14.7. The van der Waals surface area contributed by atoms with E-state index in [2.05, 4.69) is 10.6 Å². The Morgan fingerprint density at radius 1 is 1.12 bits per heavy atom. The normalized spacial score (nSPS) is 13.0. The summed E-state index contributed by atoms with van der Waals surface area (Å²) in [5, 5.41) is 5.43. The summed E-state index contributed by atoms with van der Waals surface area (Å²) >= 11 is 0. The molecule has 1 aliphatic heterocycles. The van der Waals surface area contributed by atoms with E-state index in [4.69, 9.17) is 4.74 Å². The van der Waals surface area contributed by atoms with Crippen LogP contribution in [-0.4, -0.2) is 44.0 Å². The second kappa shape index (κ2) is 9.05. The molecule has 1 aromatic rings. The Hall–Kier alpha value is -2.57. The molecular weight excluding hydrogens is 322 g/mol. The topological polar surface area (TPSA) is 87.7 Å². The van der Waals surface area contributed by atoms with Crippen LogP contribution in [0.4, 0.5) is 5.69 Å². The van der Waals surface area contributed by atoms with Crippen molar-refractivity contribution in [1.29, 1.82) is 0 Å². The molecule has 1 aliphatic rings. The lowest BCUT2D eigenvalue weighted by Crippen LogP contribution is -2.39. The summed E-state index contributed by atoms with van der Waals surface area (Å²) < 4.78 is 5.52. The first-order chi connectivity index (χ1) is 12.0. The fraction of sp³-hybridized carbons (Fsp3) is 0.500. The molecule has 0 saturated carbocycles. The quantitative estimate of drug-likeness (QED) is 0.723. The van der Waals surface area contributed by atoms with E-state index in [0.717, 1.165) is 5.69 Å². The van der Waals surface area contributed by atoms with E-state index in [0.29, 0.717) is 32.0 Å². The van der Waals surface area contributed by atoms with Crippen LogP contribution in [0.5, 0.6) is 5.75 Å². The molecule has 0 saturated heterocycles. The number of ether oxygens (including phenoxy) is 1. The minimum absolute atomic E-state index is 0.0459. The van der Waals surface area contributed by atoms with Gasteiger partial charge >= 0.3 is 0 Å². The number of rotatable bonds is 7. The van der Waals surface area contributed by atoms with Gasteiger partial charge in [-0.3, -0.25) is 14.4 Å². The minimum Gasteiger partial charge on any atom is -0.490 e. The van der Waals surface area contributed by atoms with Crippen molar-refractivity contribution in [3.63, 3.8) is 0 Å². The zero-order valence-electron chi connectivity index (χ0n) is 14.7. The second-order valence-electron chi connectivity index (χ2n) is 6.16. The molecule has 7 heteroatoms. The van der Waals surface area contributed by atoms with Crippen molar-refractivity contribution in [3.05, 3.63) is 24.3 Å².